The van der Waals surface area contributed by atoms with Crippen LogP contribution in [0.25, 0.3) is 0 Å². The van der Waals surface area contributed by atoms with Gasteiger partial charge in [0.05, 0.1) is 10.6 Å². The van der Waals surface area contributed by atoms with Gasteiger partial charge in [-0.05, 0) is 68.8 Å². The Morgan fingerprint density at radius 3 is 2.11 bits per heavy atom. The standard InChI is InChI=1S/C27H29Cl2N3O4S/c1-19(2)30-27(34)20(3)31(17-21-8-5-4-6-9-21)26(33)18-32(24-11-7-10-23(29)16-24)37(35,36)25-14-12-22(28)13-15-25/h4-16,19-20H,17-18H2,1-3H3,(H,30,34). The van der Waals surface area contributed by atoms with Crippen LogP contribution in [0, 0.1) is 0 Å². The molecule has 0 spiro atoms. The molecule has 196 valence electrons. The summed E-state index contributed by atoms with van der Waals surface area (Å²) in [6.07, 6.45) is 0. The molecule has 37 heavy (non-hydrogen) atoms. The summed E-state index contributed by atoms with van der Waals surface area (Å²) >= 11 is 12.1. The van der Waals surface area contributed by atoms with E-state index in [1.165, 1.54) is 35.2 Å². The molecule has 0 fully saturated rings. The van der Waals surface area contributed by atoms with Gasteiger partial charge in [0.15, 0.2) is 0 Å². The zero-order valence-electron chi connectivity index (χ0n) is 20.8. The van der Waals surface area contributed by atoms with Gasteiger partial charge in [-0.2, -0.15) is 0 Å². The molecule has 0 saturated heterocycles. The van der Waals surface area contributed by atoms with Gasteiger partial charge in [0, 0.05) is 22.6 Å². The number of halogens is 2. The molecule has 0 saturated carbocycles. The lowest BCUT2D eigenvalue weighted by Crippen LogP contribution is -2.52. The molecule has 10 heteroatoms. The van der Waals surface area contributed by atoms with E-state index in [-0.39, 0.29) is 29.1 Å². The third kappa shape index (κ3) is 7.47. The Balaban J connectivity index is 2.02. The van der Waals surface area contributed by atoms with Crippen LogP contribution in [0.3, 0.4) is 0 Å². The summed E-state index contributed by atoms with van der Waals surface area (Å²) in [5, 5.41) is 3.51. The molecular formula is C27H29Cl2N3O4S. The van der Waals surface area contributed by atoms with Gasteiger partial charge in [0.2, 0.25) is 11.8 Å². The van der Waals surface area contributed by atoms with Crippen molar-refractivity contribution < 1.29 is 18.0 Å². The Labute approximate surface area is 228 Å². The third-order valence-corrected chi connectivity index (χ3v) is 7.85. The van der Waals surface area contributed by atoms with Crippen LogP contribution in [0.1, 0.15) is 26.3 Å². The minimum Gasteiger partial charge on any atom is -0.352 e. The number of nitrogens with zero attached hydrogens (tertiary/aromatic N) is 2. The van der Waals surface area contributed by atoms with Crippen molar-refractivity contribution in [2.75, 3.05) is 10.8 Å². The van der Waals surface area contributed by atoms with E-state index >= 15 is 0 Å². The van der Waals surface area contributed by atoms with Crippen molar-refractivity contribution in [3.05, 3.63) is 94.5 Å². The van der Waals surface area contributed by atoms with Gasteiger partial charge < -0.3 is 10.2 Å². The fraction of sp³-hybridized carbons (Fsp3) is 0.259. The zero-order chi connectivity index (χ0) is 27.2. The first-order valence-corrected chi connectivity index (χ1v) is 13.9. The van der Waals surface area contributed by atoms with Crippen molar-refractivity contribution in [3.63, 3.8) is 0 Å². The van der Waals surface area contributed by atoms with E-state index in [0.717, 1.165) is 9.87 Å². The summed E-state index contributed by atoms with van der Waals surface area (Å²) in [4.78, 5) is 28.0. The number of hydrogen-bond acceptors (Lipinski definition) is 4. The minimum atomic E-state index is -4.19. The Hall–Kier alpha value is -3.07. The predicted octanol–water partition coefficient (Wildman–Crippen LogP) is 5.13. The van der Waals surface area contributed by atoms with E-state index in [2.05, 4.69) is 5.32 Å². The van der Waals surface area contributed by atoms with Crippen LogP contribution in [0.15, 0.2) is 83.8 Å². The molecule has 7 nitrogen and oxygen atoms in total. The summed E-state index contributed by atoms with van der Waals surface area (Å²) in [5.41, 5.74) is 1.02. The molecular weight excluding hydrogens is 533 g/mol. The Kier molecular flexibility index (Phi) is 9.59. The maximum absolute atomic E-state index is 13.8. The van der Waals surface area contributed by atoms with Crippen molar-refractivity contribution in [3.8, 4) is 0 Å². The van der Waals surface area contributed by atoms with Crippen LogP contribution in [0.4, 0.5) is 5.69 Å². The van der Waals surface area contributed by atoms with Gasteiger partial charge in [-0.3, -0.25) is 13.9 Å². The van der Waals surface area contributed by atoms with Gasteiger partial charge in [-0.15, -0.1) is 0 Å². The molecule has 0 heterocycles. The first-order valence-electron chi connectivity index (χ1n) is 11.7. The SMILES string of the molecule is CC(C)NC(=O)C(C)N(Cc1ccccc1)C(=O)CN(c1cccc(Cl)c1)S(=O)(=O)c1ccc(Cl)cc1. The van der Waals surface area contributed by atoms with E-state index in [4.69, 9.17) is 23.2 Å². The van der Waals surface area contributed by atoms with Crippen molar-refractivity contribution >= 4 is 50.7 Å². The number of amides is 2. The van der Waals surface area contributed by atoms with Gasteiger partial charge in [-0.25, -0.2) is 8.42 Å². The van der Waals surface area contributed by atoms with Crippen molar-refractivity contribution in [1.82, 2.24) is 10.2 Å². The quantitative estimate of drug-likeness (QED) is 0.371. The molecule has 3 rings (SSSR count). The number of carbonyl (C=O) groups excluding carboxylic acids is 2. The highest BCUT2D eigenvalue weighted by Crippen LogP contribution is 2.27. The maximum atomic E-state index is 13.8. The molecule has 0 aliphatic heterocycles. The fourth-order valence-corrected chi connectivity index (χ4v) is 5.38. The van der Waals surface area contributed by atoms with E-state index in [9.17, 15) is 18.0 Å². The molecule has 1 N–H and O–H groups in total. The minimum absolute atomic E-state index is 0.0371. The van der Waals surface area contributed by atoms with E-state index in [1.54, 1.807) is 25.1 Å². The van der Waals surface area contributed by atoms with E-state index in [0.29, 0.717) is 10.0 Å². The second-order valence-corrected chi connectivity index (χ2v) is 11.5. The van der Waals surface area contributed by atoms with Crippen LogP contribution >= 0.6 is 23.2 Å². The Bertz CT molecular complexity index is 1330. The van der Waals surface area contributed by atoms with E-state index in [1.807, 2.05) is 44.2 Å². The lowest BCUT2D eigenvalue weighted by Gasteiger charge is -2.32. The number of rotatable bonds is 10. The van der Waals surface area contributed by atoms with Gasteiger partial charge in [0.1, 0.15) is 12.6 Å². The predicted molar refractivity (Wildman–Crippen MR) is 147 cm³/mol. The molecule has 2 amide bonds. The van der Waals surface area contributed by atoms with E-state index < -0.39 is 28.5 Å². The molecule has 0 radical (unpaired) electrons. The fourth-order valence-electron chi connectivity index (χ4n) is 3.66. The normalized spacial score (nSPS) is 12.2. The molecule has 1 unspecified atom stereocenters. The molecule has 0 aromatic heterocycles. The zero-order valence-corrected chi connectivity index (χ0v) is 23.1. The molecule has 0 aliphatic rings. The molecule has 3 aromatic rings. The second-order valence-electron chi connectivity index (χ2n) is 8.79. The van der Waals surface area contributed by atoms with Crippen LogP contribution in [0.5, 0.6) is 0 Å². The van der Waals surface area contributed by atoms with Crippen molar-refractivity contribution in [2.45, 2.75) is 44.3 Å². The van der Waals surface area contributed by atoms with Gasteiger partial charge in [-0.1, -0.05) is 59.6 Å². The Morgan fingerprint density at radius 1 is 0.865 bits per heavy atom. The summed E-state index contributed by atoms with van der Waals surface area (Å²) in [6.45, 7) is 4.85. The number of nitrogens with one attached hydrogen (secondary N) is 1. The van der Waals surface area contributed by atoms with Gasteiger partial charge >= 0.3 is 0 Å². The van der Waals surface area contributed by atoms with Crippen LogP contribution in [0.2, 0.25) is 10.0 Å². The number of sulfonamides is 1. The lowest BCUT2D eigenvalue weighted by molar-refractivity contribution is -0.139. The first-order chi connectivity index (χ1) is 17.5. The summed E-state index contributed by atoms with van der Waals surface area (Å²) in [5.74, 6) is -0.887. The number of benzene rings is 3. The largest absolute Gasteiger partial charge is 0.352 e. The molecule has 1 atom stereocenters. The third-order valence-electron chi connectivity index (χ3n) is 5.57. The highest BCUT2D eigenvalue weighted by Gasteiger charge is 2.32. The monoisotopic (exact) mass is 561 g/mol. The van der Waals surface area contributed by atoms with Crippen molar-refractivity contribution in [1.29, 1.82) is 0 Å². The average Bonchev–Trinajstić information content (AvgIpc) is 2.85. The average molecular weight is 563 g/mol. The smallest absolute Gasteiger partial charge is 0.264 e. The number of hydrogen-bond donors (Lipinski definition) is 1. The topological polar surface area (TPSA) is 86.8 Å². The Morgan fingerprint density at radius 2 is 1.51 bits per heavy atom. The second kappa shape index (κ2) is 12.4. The van der Waals surface area contributed by atoms with Crippen molar-refractivity contribution in [2.24, 2.45) is 0 Å². The number of anilines is 1. The molecule has 0 aliphatic carbocycles. The number of carbonyl (C=O) groups is 2. The molecule has 0 bridgehead atoms. The van der Waals surface area contributed by atoms with Crippen LogP contribution < -0.4 is 9.62 Å². The van der Waals surface area contributed by atoms with Gasteiger partial charge in [0.25, 0.3) is 10.0 Å². The van der Waals surface area contributed by atoms with Crippen LogP contribution in [-0.2, 0) is 26.2 Å². The maximum Gasteiger partial charge on any atom is 0.264 e. The highest BCUT2D eigenvalue weighted by molar-refractivity contribution is 7.92. The summed E-state index contributed by atoms with van der Waals surface area (Å²) in [6, 6.07) is 20.1. The summed E-state index contributed by atoms with van der Waals surface area (Å²) in [7, 11) is -4.19. The van der Waals surface area contributed by atoms with Crippen LogP contribution in [-0.4, -0.2) is 43.8 Å². The molecule has 3 aromatic carbocycles. The summed E-state index contributed by atoms with van der Waals surface area (Å²) < 4.78 is 28.4. The first kappa shape index (κ1) is 28.5. The lowest BCUT2D eigenvalue weighted by atomic mass is 10.1. The highest BCUT2D eigenvalue weighted by atomic mass is 35.5.